The Balaban J connectivity index is 1.21. The van der Waals surface area contributed by atoms with Crippen molar-refractivity contribution in [2.75, 3.05) is 50.8 Å². The number of nitrogens with zero attached hydrogens (tertiary/aromatic N) is 7. The van der Waals surface area contributed by atoms with Crippen molar-refractivity contribution in [3.8, 4) is 17.3 Å². The van der Waals surface area contributed by atoms with E-state index in [0.29, 0.717) is 53.4 Å². The summed E-state index contributed by atoms with van der Waals surface area (Å²) in [5.41, 5.74) is 2.24. The summed E-state index contributed by atoms with van der Waals surface area (Å²) < 4.78 is 28.4. The van der Waals surface area contributed by atoms with Crippen molar-refractivity contribution in [2.45, 2.75) is 39.0 Å². The Labute approximate surface area is 251 Å². The van der Waals surface area contributed by atoms with Crippen LogP contribution in [0.2, 0.25) is 0 Å². The molecule has 12 heteroatoms. The number of piperidine rings is 1. The summed E-state index contributed by atoms with van der Waals surface area (Å²) in [7, 11) is 0. The van der Waals surface area contributed by atoms with Gasteiger partial charge in [-0.3, -0.25) is 18.5 Å². The van der Waals surface area contributed by atoms with Crippen LogP contribution in [0.4, 0.5) is 19.7 Å². The van der Waals surface area contributed by atoms with Gasteiger partial charge in [0.05, 0.1) is 18.9 Å². The number of hydrogen-bond acceptors (Lipinski definition) is 8. The van der Waals surface area contributed by atoms with Crippen molar-refractivity contribution in [3.05, 3.63) is 51.7 Å². The third kappa shape index (κ3) is 5.41. The molecule has 2 fully saturated rings. The number of imidazole rings is 1. The van der Waals surface area contributed by atoms with E-state index in [1.165, 1.54) is 28.3 Å². The van der Waals surface area contributed by atoms with Crippen LogP contribution in [0.5, 0.6) is 0 Å². The lowest BCUT2D eigenvalue weighted by Gasteiger charge is -2.40. The standard InChI is InChI=1S/C30H33F2N7OS2/c1-3-23-28(38(4-2)30-35-27(24(14-33)41-30)21-5-7-22(32)8-6-21)39-17-25(42-29(39)34-23)20-9-11-36(12-10-20)18-26(40)37-15-19(13-31)16-37/h5-8,17,19-20H,3-4,9-13,15-16,18H2,1-2H3. The minimum Gasteiger partial charge on any atom is -0.341 e. The Morgan fingerprint density at radius 2 is 1.88 bits per heavy atom. The molecule has 1 aromatic carbocycles. The molecule has 220 valence electrons. The highest BCUT2D eigenvalue weighted by Crippen LogP contribution is 2.40. The van der Waals surface area contributed by atoms with Crippen LogP contribution >= 0.6 is 22.7 Å². The predicted octanol–water partition coefficient (Wildman–Crippen LogP) is 5.86. The highest BCUT2D eigenvalue weighted by Gasteiger charge is 2.32. The number of alkyl halides is 1. The number of carbonyl (C=O) groups is 1. The Kier molecular flexibility index (Phi) is 8.25. The summed E-state index contributed by atoms with van der Waals surface area (Å²) in [6.07, 6.45) is 4.89. The topological polar surface area (TPSA) is 80.8 Å². The average molecular weight is 610 g/mol. The number of amides is 1. The number of thiazole rings is 2. The maximum Gasteiger partial charge on any atom is 0.236 e. The van der Waals surface area contributed by atoms with Crippen molar-refractivity contribution in [1.29, 1.82) is 5.26 Å². The van der Waals surface area contributed by atoms with E-state index in [4.69, 9.17) is 9.97 Å². The largest absolute Gasteiger partial charge is 0.341 e. The smallest absolute Gasteiger partial charge is 0.236 e. The third-order valence-corrected chi connectivity index (χ3v) is 10.4. The van der Waals surface area contributed by atoms with Crippen LogP contribution in [0.1, 0.15) is 48.1 Å². The van der Waals surface area contributed by atoms with E-state index < -0.39 is 0 Å². The molecule has 0 bridgehead atoms. The summed E-state index contributed by atoms with van der Waals surface area (Å²) in [5, 5.41) is 10.6. The van der Waals surface area contributed by atoms with Crippen molar-refractivity contribution in [2.24, 2.45) is 5.92 Å². The van der Waals surface area contributed by atoms with Gasteiger partial charge in [-0.15, -0.1) is 11.3 Å². The lowest BCUT2D eigenvalue weighted by Crippen LogP contribution is -2.54. The van der Waals surface area contributed by atoms with Crippen molar-refractivity contribution in [1.82, 2.24) is 24.2 Å². The highest BCUT2D eigenvalue weighted by molar-refractivity contribution is 7.17. The molecule has 1 amide bonds. The SMILES string of the molecule is CCc1nc2sc(C3CCN(CC(=O)N4CC(CF)C4)CC3)cn2c1N(CC)c1nc(-c2ccc(F)cc2)c(C#N)s1. The fourth-order valence-corrected chi connectivity index (χ4v) is 7.94. The molecular formula is C30H33F2N7OS2. The van der Waals surface area contributed by atoms with Crippen LogP contribution in [0.25, 0.3) is 16.2 Å². The Bertz CT molecular complexity index is 1610. The maximum atomic E-state index is 13.5. The lowest BCUT2D eigenvalue weighted by atomic mass is 9.95. The lowest BCUT2D eigenvalue weighted by molar-refractivity contribution is -0.139. The second-order valence-corrected chi connectivity index (χ2v) is 12.9. The first kappa shape index (κ1) is 28.7. The van der Waals surface area contributed by atoms with E-state index in [-0.39, 0.29) is 24.3 Å². The van der Waals surface area contributed by atoms with E-state index in [9.17, 15) is 18.8 Å². The quantitative estimate of drug-likeness (QED) is 0.237. The number of nitriles is 1. The average Bonchev–Trinajstić information content (AvgIpc) is 3.67. The highest BCUT2D eigenvalue weighted by atomic mass is 32.1. The molecule has 0 N–H and O–H groups in total. The molecule has 0 saturated carbocycles. The summed E-state index contributed by atoms with van der Waals surface area (Å²) in [4.78, 5) is 31.2. The van der Waals surface area contributed by atoms with Gasteiger partial charge in [-0.05, 0) is 69.5 Å². The van der Waals surface area contributed by atoms with Gasteiger partial charge in [0.15, 0.2) is 10.1 Å². The van der Waals surface area contributed by atoms with Gasteiger partial charge in [-0.2, -0.15) is 5.26 Å². The molecule has 2 saturated heterocycles. The summed E-state index contributed by atoms with van der Waals surface area (Å²) in [6.45, 7) is 7.65. The van der Waals surface area contributed by atoms with Gasteiger partial charge in [-0.25, -0.2) is 14.4 Å². The molecule has 5 heterocycles. The van der Waals surface area contributed by atoms with Crippen LogP contribution in [0, 0.1) is 23.1 Å². The molecule has 0 atom stereocenters. The molecule has 0 spiro atoms. The van der Waals surface area contributed by atoms with Crippen molar-refractivity contribution >= 4 is 44.5 Å². The summed E-state index contributed by atoms with van der Waals surface area (Å²) >= 11 is 3.05. The van der Waals surface area contributed by atoms with E-state index in [0.717, 1.165) is 48.8 Å². The number of aromatic nitrogens is 3. The molecular weight excluding hydrogens is 577 g/mol. The number of hydrogen-bond donors (Lipinski definition) is 0. The zero-order valence-electron chi connectivity index (χ0n) is 23.7. The first-order chi connectivity index (χ1) is 20.4. The van der Waals surface area contributed by atoms with Gasteiger partial charge in [-0.1, -0.05) is 18.3 Å². The van der Waals surface area contributed by atoms with Crippen LogP contribution in [0.3, 0.4) is 0 Å². The third-order valence-electron chi connectivity index (χ3n) is 8.24. The zero-order valence-corrected chi connectivity index (χ0v) is 25.4. The second-order valence-electron chi connectivity index (χ2n) is 10.9. The van der Waals surface area contributed by atoms with Crippen LogP contribution in [-0.2, 0) is 11.2 Å². The molecule has 0 unspecified atom stereocenters. The molecule has 3 aromatic heterocycles. The van der Waals surface area contributed by atoms with E-state index >= 15 is 0 Å². The molecule has 8 nitrogen and oxygen atoms in total. The Morgan fingerprint density at radius 3 is 2.52 bits per heavy atom. The van der Waals surface area contributed by atoms with Gasteiger partial charge < -0.3 is 9.80 Å². The van der Waals surface area contributed by atoms with Gasteiger partial charge in [0.2, 0.25) is 5.91 Å². The minimum absolute atomic E-state index is 0.0139. The van der Waals surface area contributed by atoms with Gasteiger partial charge in [0, 0.05) is 42.2 Å². The number of likely N-dealkylation sites (tertiary alicyclic amines) is 2. The van der Waals surface area contributed by atoms with Gasteiger partial charge in [0.1, 0.15) is 28.3 Å². The normalized spacial score (nSPS) is 16.6. The number of rotatable bonds is 9. The molecule has 0 aliphatic carbocycles. The van der Waals surface area contributed by atoms with Crippen LogP contribution in [-0.4, -0.2) is 76.0 Å². The first-order valence-electron chi connectivity index (χ1n) is 14.4. The molecule has 6 rings (SSSR count). The zero-order chi connectivity index (χ0) is 29.4. The molecule has 0 radical (unpaired) electrons. The maximum absolute atomic E-state index is 13.5. The number of benzene rings is 1. The number of halogens is 2. The van der Waals surface area contributed by atoms with Gasteiger partial charge in [0.25, 0.3) is 0 Å². The van der Waals surface area contributed by atoms with Crippen molar-refractivity contribution < 1.29 is 13.6 Å². The van der Waals surface area contributed by atoms with E-state index in [1.54, 1.807) is 28.4 Å². The van der Waals surface area contributed by atoms with Crippen LogP contribution < -0.4 is 4.90 Å². The van der Waals surface area contributed by atoms with E-state index in [2.05, 4.69) is 40.3 Å². The molecule has 4 aromatic rings. The minimum atomic E-state index is -0.349. The number of anilines is 2. The molecule has 2 aliphatic heterocycles. The molecule has 2 aliphatic rings. The van der Waals surface area contributed by atoms with Crippen LogP contribution in [0.15, 0.2) is 30.5 Å². The first-order valence-corrected chi connectivity index (χ1v) is 16.1. The number of carbonyl (C=O) groups excluding carboxylic acids is 1. The summed E-state index contributed by atoms with van der Waals surface area (Å²) in [5.74, 6) is 1.15. The fraction of sp³-hybridized carbons (Fsp3) is 0.467. The predicted molar refractivity (Wildman–Crippen MR) is 162 cm³/mol. The van der Waals surface area contributed by atoms with Gasteiger partial charge >= 0.3 is 0 Å². The fourth-order valence-electron chi connectivity index (χ4n) is 5.83. The second kappa shape index (κ2) is 12.1. The number of fused-ring (bicyclic) bond motifs is 1. The Hall–Kier alpha value is -3.40. The summed E-state index contributed by atoms with van der Waals surface area (Å²) in [6, 6.07) is 8.34. The van der Waals surface area contributed by atoms with E-state index in [1.807, 2.05) is 0 Å². The monoisotopic (exact) mass is 609 g/mol. The number of aryl methyl sites for hydroxylation is 1. The van der Waals surface area contributed by atoms with Crippen molar-refractivity contribution in [3.63, 3.8) is 0 Å². The molecule has 42 heavy (non-hydrogen) atoms. The Morgan fingerprint density at radius 1 is 1.14 bits per heavy atom.